The molecular formula is C26H28ClN3O8S. The average molecular weight is 578 g/mol. The summed E-state index contributed by atoms with van der Waals surface area (Å²) < 4.78 is 54.9. The molecule has 0 saturated carbocycles. The van der Waals surface area contributed by atoms with Gasteiger partial charge in [-0.1, -0.05) is 11.6 Å². The number of nitrogens with one attached hydrogen (secondary N) is 1. The van der Waals surface area contributed by atoms with Gasteiger partial charge in [0.15, 0.2) is 11.5 Å². The van der Waals surface area contributed by atoms with Crippen molar-refractivity contribution in [1.29, 1.82) is 0 Å². The first kappa shape index (κ1) is 29.4. The zero-order valence-corrected chi connectivity index (χ0v) is 23.5. The van der Waals surface area contributed by atoms with Crippen LogP contribution in [0.1, 0.15) is 5.56 Å². The molecule has 3 aromatic carbocycles. The fourth-order valence-electron chi connectivity index (χ4n) is 3.54. The summed E-state index contributed by atoms with van der Waals surface area (Å²) in [5, 5.41) is 4.20. The number of halogens is 1. The Morgan fingerprint density at radius 1 is 0.846 bits per heavy atom. The van der Waals surface area contributed by atoms with Crippen LogP contribution >= 0.6 is 11.6 Å². The number of hydrogen-bond acceptors (Lipinski definition) is 9. The molecule has 0 spiro atoms. The third-order valence-electron chi connectivity index (χ3n) is 5.47. The molecule has 0 bridgehead atoms. The van der Waals surface area contributed by atoms with Crippen molar-refractivity contribution in [2.75, 3.05) is 46.4 Å². The number of hydrazone groups is 1. The van der Waals surface area contributed by atoms with Crippen molar-refractivity contribution in [2.45, 2.75) is 4.90 Å². The van der Waals surface area contributed by atoms with Gasteiger partial charge in [0.05, 0.1) is 52.3 Å². The Morgan fingerprint density at radius 2 is 1.49 bits per heavy atom. The number of ether oxygens (including phenoxy) is 5. The van der Waals surface area contributed by atoms with Gasteiger partial charge < -0.3 is 23.7 Å². The maximum atomic E-state index is 13.8. The molecule has 3 aromatic rings. The molecule has 0 aliphatic carbocycles. The van der Waals surface area contributed by atoms with Crippen molar-refractivity contribution < 1.29 is 36.9 Å². The number of methoxy groups -OCH3 is 5. The molecule has 39 heavy (non-hydrogen) atoms. The summed E-state index contributed by atoms with van der Waals surface area (Å²) in [6.07, 6.45) is 1.35. The summed E-state index contributed by atoms with van der Waals surface area (Å²) in [4.78, 5) is 12.8. The first-order chi connectivity index (χ1) is 18.7. The van der Waals surface area contributed by atoms with Gasteiger partial charge in [0, 0.05) is 16.7 Å². The SMILES string of the molecule is COc1ccc(OC)c(/C=N\NC(=O)CN(c2cc(Cl)ccc2OC)S(=O)(=O)c2ccc(OC)c(OC)c2)c1. The average Bonchev–Trinajstić information content (AvgIpc) is 2.95. The van der Waals surface area contributed by atoms with Crippen LogP contribution in [0.4, 0.5) is 5.69 Å². The molecule has 13 heteroatoms. The zero-order chi connectivity index (χ0) is 28.6. The van der Waals surface area contributed by atoms with Gasteiger partial charge >= 0.3 is 0 Å². The molecule has 1 N–H and O–H groups in total. The van der Waals surface area contributed by atoms with E-state index in [0.717, 1.165) is 4.31 Å². The number of benzene rings is 3. The largest absolute Gasteiger partial charge is 0.497 e. The van der Waals surface area contributed by atoms with E-state index in [1.807, 2.05) is 0 Å². The minimum Gasteiger partial charge on any atom is -0.497 e. The molecule has 3 rings (SSSR count). The van der Waals surface area contributed by atoms with Crippen molar-refractivity contribution in [3.63, 3.8) is 0 Å². The van der Waals surface area contributed by atoms with Crippen LogP contribution in [-0.4, -0.2) is 62.6 Å². The third-order valence-corrected chi connectivity index (χ3v) is 7.46. The second-order valence-electron chi connectivity index (χ2n) is 7.75. The van der Waals surface area contributed by atoms with Crippen molar-refractivity contribution in [1.82, 2.24) is 5.43 Å². The Balaban J connectivity index is 1.98. The fourth-order valence-corrected chi connectivity index (χ4v) is 5.15. The standard InChI is InChI=1S/C26H28ClN3O8S/c1-34-19-7-10-22(35-2)17(12-19)15-28-29-26(31)16-30(21-13-18(27)6-9-23(21)36-3)39(32,33)20-8-11-24(37-4)25(14-20)38-5/h6-15H,16H2,1-5H3,(H,29,31)/b28-15-. The smallest absolute Gasteiger partial charge is 0.265 e. The van der Waals surface area contributed by atoms with Crippen LogP contribution in [0.2, 0.25) is 5.02 Å². The Morgan fingerprint density at radius 3 is 2.13 bits per heavy atom. The summed E-state index contributed by atoms with van der Waals surface area (Å²) in [6.45, 7) is -0.653. The molecule has 0 aliphatic heterocycles. The van der Waals surface area contributed by atoms with E-state index in [-0.39, 0.29) is 27.1 Å². The highest BCUT2D eigenvalue weighted by Gasteiger charge is 2.30. The summed E-state index contributed by atoms with van der Waals surface area (Å²) in [5.74, 6) is 1.03. The van der Waals surface area contributed by atoms with Crippen LogP contribution in [0.15, 0.2) is 64.6 Å². The first-order valence-electron chi connectivity index (χ1n) is 11.3. The van der Waals surface area contributed by atoms with E-state index in [2.05, 4.69) is 10.5 Å². The second kappa shape index (κ2) is 13.1. The minimum atomic E-state index is -4.34. The predicted octanol–water partition coefficient (Wildman–Crippen LogP) is 3.73. The lowest BCUT2D eigenvalue weighted by Gasteiger charge is -2.25. The molecule has 0 radical (unpaired) electrons. The quantitative estimate of drug-likeness (QED) is 0.255. The van der Waals surface area contributed by atoms with Gasteiger partial charge in [-0.15, -0.1) is 0 Å². The van der Waals surface area contributed by atoms with E-state index in [1.165, 1.54) is 78.2 Å². The summed E-state index contributed by atoms with van der Waals surface area (Å²) >= 11 is 6.18. The molecule has 0 saturated heterocycles. The minimum absolute atomic E-state index is 0.0494. The highest BCUT2D eigenvalue weighted by atomic mass is 35.5. The molecule has 1 amide bonds. The topological polar surface area (TPSA) is 125 Å². The number of sulfonamides is 1. The molecule has 0 heterocycles. The van der Waals surface area contributed by atoms with Gasteiger partial charge in [-0.3, -0.25) is 9.10 Å². The van der Waals surface area contributed by atoms with Crippen LogP contribution in [0.5, 0.6) is 28.7 Å². The van der Waals surface area contributed by atoms with Crippen molar-refractivity contribution in [3.8, 4) is 28.7 Å². The van der Waals surface area contributed by atoms with Crippen molar-refractivity contribution in [2.24, 2.45) is 5.10 Å². The first-order valence-corrected chi connectivity index (χ1v) is 13.1. The van der Waals surface area contributed by atoms with Gasteiger partial charge in [0.1, 0.15) is 23.8 Å². The Bertz CT molecular complexity index is 1460. The van der Waals surface area contributed by atoms with Crippen LogP contribution in [0, 0.1) is 0 Å². The molecule has 0 aromatic heterocycles. The van der Waals surface area contributed by atoms with Gasteiger partial charge in [-0.25, -0.2) is 13.8 Å². The predicted molar refractivity (Wildman–Crippen MR) is 147 cm³/mol. The summed E-state index contributed by atoms with van der Waals surface area (Å²) in [6, 6.07) is 13.6. The Kier molecular flexibility index (Phi) is 9.85. The van der Waals surface area contributed by atoms with Crippen LogP contribution < -0.4 is 33.4 Å². The van der Waals surface area contributed by atoms with Crippen LogP contribution in [0.3, 0.4) is 0 Å². The van der Waals surface area contributed by atoms with Gasteiger partial charge in [0.2, 0.25) is 0 Å². The maximum absolute atomic E-state index is 13.8. The lowest BCUT2D eigenvalue weighted by molar-refractivity contribution is -0.119. The normalized spacial score (nSPS) is 11.1. The molecule has 0 fully saturated rings. The van der Waals surface area contributed by atoms with E-state index in [0.29, 0.717) is 22.8 Å². The van der Waals surface area contributed by atoms with Crippen LogP contribution in [-0.2, 0) is 14.8 Å². The zero-order valence-electron chi connectivity index (χ0n) is 21.9. The van der Waals surface area contributed by atoms with Gasteiger partial charge in [-0.2, -0.15) is 5.10 Å². The van der Waals surface area contributed by atoms with E-state index in [9.17, 15) is 13.2 Å². The van der Waals surface area contributed by atoms with E-state index in [4.69, 9.17) is 35.3 Å². The lowest BCUT2D eigenvalue weighted by Crippen LogP contribution is -2.39. The lowest BCUT2D eigenvalue weighted by atomic mass is 10.2. The number of carbonyl (C=O) groups excluding carboxylic acids is 1. The highest BCUT2D eigenvalue weighted by Crippen LogP contribution is 2.37. The Labute approximate surface area is 231 Å². The van der Waals surface area contributed by atoms with E-state index in [1.54, 1.807) is 18.2 Å². The summed E-state index contributed by atoms with van der Waals surface area (Å²) in [5.41, 5.74) is 2.93. The molecule has 11 nitrogen and oxygen atoms in total. The molecular weight excluding hydrogens is 550 g/mol. The monoisotopic (exact) mass is 577 g/mol. The van der Waals surface area contributed by atoms with E-state index < -0.39 is 22.5 Å². The van der Waals surface area contributed by atoms with Gasteiger partial charge in [-0.05, 0) is 48.5 Å². The second-order valence-corrected chi connectivity index (χ2v) is 10.0. The molecule has 0 aliphatic rings. The number of amides is 1. The van der Waals surface area contributed by atoms with E-state index >= 15 is 0 Å². The number of hydrogen-bond donors (Lipinski definition) is 1. The molecule has 0 unspecified atom stereocenters. The number of nitrogens with zero attached hydrogens (tertiary/aromatic N) is 2. The molecule has 0 atom stereocenters. The Hall–Kier alpha value is -4.16. The van der Waals surface area contributed by atoms with Crippen molar-refractivity contribution >= 4 is 39.4 Å². The van der Waals surface area contributed by atoms with Crippen molar-refractivity contribution in [3.05, 3.63) is 65.2 Å². The fraction of sp³-hybridized carbons (Fsp3) is 0.231. The number of anilines is 1. The third kappa shape index (κ3) is 6.84. The number of carbonyl (C=O) groups is 1. The number of rotatable bonds is 12. The highest BCUT2D eigenvalue weighted by molar-refractivity contribution is 7.92. The van der Waals surface area contributed by atoms with Gasteiger partial charge in [0.25, 0.3) is 15.9 Å². The summed E-state index contributed by atoms with van der Waals surface area (Å²) in [7, 11) is 2.86. The maximum Gasteiger partial charge on any atom is 0.265 e. The van der Waals surface area contributed by atoms with Crippen LogP contribution in [0.25, 0.3) is 0 Å². The molecule has 208 valence electrons.